The Morgan fingerprint density at radius 2 is 1.88 bits per heavy atom. The molecule has 0 aliphatic heterocycles. The van der Waals surface area contributed by atoms with E-state index in [9.17, 15) is 4.39 Å². The lowest BCUT2D eigenvalue weighted by molar-refractivity contribution is 0.574. The Morgan fingerprint density at radius 3 is 2.47 bits per heavy atom. The van der Waals surface area contributed by atoms with Gasteiger partial charge in [0.25, 0.3) is 0 Å². The summed E-state index contributed by atoms with van der Waals surface area (Å²) in [6, 6.07) is 7.19. The van der Waals surface area contributed by atoms with Crippen molar-refractivity contribution in [2.45, 2.75) is 32.7 Å². The topological polar surface area (TPSA) is 12.0 Å². The average Bonchev–Trinajstić information content (AvgIpc) is 2.35. The highest BCUT2D eigenvalue weighted by atomic mass is 32.2. The van der Waals surface area contributed by atoms with E-state index in [4.69, 9.17) is 0 Å². The van der Waals surface area contributed by atoms with Gasteiger partial charge in [-0.25, -0.2) is 4.39 Å². The number of hydrogen-bond acceptors (Lipinski definition) is 2. The van der Waals surface area contributed by atoms with Crippen LogP contribution in [0, 0.1) is 5.82 Å². The fourth-order valence-electron chi connectivity index (χ4n) is 1.63. The molecule has 3 heteroatoms. The molecule has 17 heavy (non-hydrogen) atoms. The van der Waals surface area contributed by atoms with Gasteiger partial charge in [0.15, 0.2) is 0 Å². The highest BCUT2D eigenvalue weighted by Crippen LogP contribution is 2.19. The summed E-state index contributed by atoms with van der Waals surface area (Å²) in [5.41, 5.74) is 1.18. The van der Waals surface area contributed by atoms with Crippen LogP contribution in [0.4, 0.5) is 4.39 Å². The Balaban J connectivity index is 2.57. The molecule has 1 nitrogen and oxygen atoms in total. The van der Waals surface area contributed by atoms with E-state index in [1.807, 2.05) is 23.9 Å². The molecule has 1 rings (SSSR count). The van der Waals surface area contributed by atoms with Gasteiger partial charge in [-0.1, -0.05) is 26.0 Å². The van der Waals surface area contributed by atoms with Crippen LogP contribution in [0.2, 0.25) is 0 Å². The maximum atomic E-state index is 12.9. The van der Waals surface area contributed by atoms with E-state index in [1.54, 1.807) is 12.1 Å². The molecule has 0 aliphatic carbocycles. The van der Waals surface area contributed by atoms with Gasteiger partial charge in [-0.05, 0) is 42.8 Å². The van der Waals surface area contributed by atoms with E-state index >= 15 is 0 Å². The predicted octanol–water partition coefficient (Wildman–Crippen LogP) is 4.01. The molecule has 0 aliphatic rings. The van der Waals surface area contributed by atoms with Crippen molar-refractivity contribution in [3.05, 3.63) is 35.6 Å². The third-order valence-electron chi connectivity index (χ3n) is 2.55. The van der Waals surface area contributed by atoms with Crippen LogP contribution in [0.15, 0.2) is 24.3 Å². The number of benzene rings is 1. The van der Waals surface area contributed by atoms with Crippen molar-refractivity contribution in [2.75, 3.05) is 18.1 Å². The van der Waals surface area contributed by atoms with E-state index in [-0.39, 0.29) is 5.82 Å². The lowest BCUT2D eigenvalue weighted by atomic mass is 10.1. The molecule has 1 unspecified atom stereocenters. The summed E-state index contributed by atoms with van der Waals surface area (Å²) in [4.78, 5) is 0. The standard InChI is InChI=1S/C14H22FNS/c1-3-9-16-14(11-17-10-4-2)12-5-7-13(15)8-6-12/h5-8,14,16H,3-4,9-11H2,1-2H3. The van der Waals surface area contributed by atoms with Gasteiger partial charge in [0.2, 0.25) is 0 Å². The molecule has 0 saturated carbocycles. The quantitative estimate of drug-likeness (QED) is 0.704. The van der Waals surface area contributed by atoms with Crippen molar-refractivity contribution in [3.8, 4) is 0 Å². The summed E-state index contributed by atoms with van der Waals surface area (Å²) < 4.78 is 12.9. The smallest absolute Gasteiger partial charge is 0.123 e. The third kappa shape index (κ3) is 5.55. The molecule has 0 bridgehead atoms. The SMILES string of the molecule is CCCNC(CSCCC)c1ccc(F)cc1. The minimum atomic E-state index is -0.163. The van der Waals surface area contributed by atoms with Gasteiger partial charge >= 0.3 is 0 Å². The van der Waals surface area contributed by atoms with Gasteiger partial charge in [0.05, 0.1) is 0 Å². The average molecular weight is 255 g/mol. The lowest BCUT2D eigenvalue weighted by Gasteiger charge is -2.18. The van der Waals surface area contributed by atoms with Crippen molar-refractivity contribution in [1.82, 2.24) is 5.32 Å². The van der Waals surface area contributed by atoms with Crippen molar-refractivity contribution in [1.29, 1.82) is 0 Å². The fourth-order valence-corrected chi connectivity index (χ4v) is 2.63. The first-order chi connectivity index (χ1) is 8.27. The minimum absolute atomic E-state index is 0.163. The van der Waals surface area contributed by atoms with Crippen molar-refractivity contribution < 1.29 is 4.39 Å². The molecule has 0 saturated heterocycles. The Hall–Kier alpha value is -0.540. The van der Waals surface area contributed by atoms with Crippen LogP contribution in [0.25, 0.3) is 0 Å². The Bertz CT molecular complexity index is 300. The second-order valence-corrected chi connectivity index (χ2v) is 5.28. The first-order valence-electron chi connectivity index (χ1n) is 6.34. The van der Waals surface area contributed by atoms with Crippen LogP contribution < -0.4 is 5.32 Å². The summed E-state index contributed by atoms with van der Waals surface area (Å²) in [5.74, 6) is 2.08. The zero-order chi connectivity index (χ0) is 12.5. The van der Waals surface area contributed by atoms with E-state index < -0.39 is 0 Å². The van der Waals surface area contributed by atoms with Gasteiger partial charge in [-0.15, -0.1) is 0 Å². The van der Waals surface area contributed by atoms with Crippen LogP contribution in [0.5, 0.6) is 0 Å². The summed E-state index contributed by atoms with van der Waals surface area (Å²) >= 11 is 1.95. The number of nitrogens with one attached hydrogen (secondary N) is 1. The van der Waals surface area contributed by atoms with Gasteiger partial charge in [0.1, 0.15) is 5.82 Å². The fraction of sp³-hybridized carbons (Fsp3) is 0.571. The summed E-state index contributed by atoms with van der Waals surface area (Å²) in [6.07, 6.45) is 2.32. The molecule has 1 N–H and O–H groups in total. The normalized spacial score (nSPS) is 12.6. The summed E-state index contributed by atoms with van der Waals surface area (Å²) in [5, 5.41) is 3.52. The highest BCUT2D eigenvalue weighted by molar-refractivity contribution is 7.99. The molecular formula is C14H22FNS. The number of rotatable bonds is 8. The van der Waals surface area contributed by atoms with E-state index in [0.29, 0.717) is 6.04 Å². The predicted molar refractivity (Wildman–Crippen MR) is 75.1 cm³/mol. The summed E-state index contributed by atoms with van der Waals surface area (Å²) in [6.45, 7) is 5.36. The Labute approximate surface area is 108 Å². The molecule has 0 heterocycles. The second-order valence-electron chi connectivity index (χ2n) is 4.13. The van der Waals surface area contributed by atoms with E-state index in [0.717, 1.165) is 18.7 Å². The van der Waals surface area contributed by atoms with Gasteiger partial charge in [-0.2, -0.15) is 11.8 Å². The van der Waals surface area contributed by atoms with Crippen LogP contribution in [-0.2, 0) is 0 Å². The van der Waals surface area contributed by atoms with Crippen LogP contribution in [0.1, 0.15) is 38.3 Å². The highest BCUT2D eigenvalue weighted by Gasteiger charge is 2.10. The first-order valence-corrected chi connectivity index (χ1v) is 7.50. The number of halogens is 1. The zero-order valence-electron chi connectivity index (χ0n) is 10.7. The van der Waals surface area contributed by atoms with E-state index in [2.05, 4.69) is 19.2 Å². The molecule has 0 radical (unpaired) electrons. The molecule has 1 atom stereocenters. The largest absolute Gasteiger partial charge is 0.309 e. The summed E-state index contributed by atoms with van der Waals surface area (Å²) in [7, 11) is 0. The molecule has 96 valence electrons. The van der Waals surface area contributed by atoms with Gasteiger partial charge < -0.3 is 5.32 Å². The van der Waals surface area contributed by atoms with Gasteiger partial charge in [0, 0.05) is 11.8 Å². The molecule has 0 amide bonds. The molecule has 0 aromatic heterocycles. The van der Waals surface area contributed by atoms with Crippen LogP contribution >= 0.6 is 11.8 Å². The number of thioether (sulfide) groups is 1. The zero-order valence-corrected chi connectivity index (χ0v) is 11.5. The molecular weight excluding hydrogens is 233 g/mol. The first kappa shape index (κ1) is 14.5. The maximum Gasteiger partial charge on any atom is 0.123 e. The lowest BCUT2D eigenvalue weighted by Crippen LogP contribution is -2.24. The van der Waals surface area contributed by atoms with Crippen LogP contribution in [-0.4, -0.2) is 18.1 Å². The molecule has 1 aromatic rings. The van der Waals surface area contributed by atoms with Crippen molar-refractivity contribution in [3.63, 3.8) is 0 Å². The van der Waals surface area contributed by atoms with Gasteiger partial charge in [-0.3, -0.25) is 0 Å². The van der Waals surface area contributed by atoms with Crippen molar-refractivity contribution in [2.24, 2.45) is 0 Å². The Morgan fingerprint density at radius 1 is 1.18 bits per heavy atom. The van der Waals surface area contributed by atoms with Crippen molar-refractivity contribution >= 4 is 11.8 Å². The monoisotopic (exact) mass is 255 g/mol. The maximum absolute atomic E-state index is 12.9. The molecule has 0 spiro atoms. The molecule has 0 fully saturated rings. The second kappa shape index (κ2) is 8.54. The van der Waals surface area contributed by atoms with E-state index in [1.165, 1.54) is 17.7 Å². The number of hydrogen-bond donors (Lipinski definition) is 1. The minimum Gasteiger partial charge on any atom is -0.309 e. The third-order valence-corrected chi connectivity index (χ3v) is 3.81. The van der Waals surface area contributed by atoms with Crippen LogP contribution in [0.3, 0.4) is 0 Å². The molecule has 1 aromatic carbocycles. The Kier molecular flexibility index (Phi) is 7.29.